The Hall–Kier alpha value is -1.22. The van der Waals surface area contributed by atoms with Gasteiger partial charge in [-0.25, -0.2) is 0 Å². The minimum atomic E-state index is 1.03. The second-order valence-corrected chi connectivity index (χ2v) is 2.31. The van der Waals surface area contributed by atoms with Crippen LogP contribution in [0.4, 0.5) is 0 Å². The van der Waals surface area contributed by atoms with E-state index >= 15 is 0 Å². The number of aryl methyl sites for hydroxylation is 1. The van der Waals surface area contributed by atoms with Crippen LogP contribution in [0.3, 0.4) is 0 Å². The van der Waals surface area contributed by atoms with Crippen molar-refractivity contribution < 1.29 is 0 Å². The predicted molar refractivity (Wildman–Crippen MR) is 48.1 cm³/mol. The van der Waals surface area contributed by atoms with Gasteiger partial charge in [0.25, 0.3) is 0 Å². The Labute approximate surface area is 68.3 Å². The van der Waals surface area contributed by atoms with E-state index in [1.807, 2.05) is 18.2 Å². The summed E-state index contributed by atoms with van der Waals surface area (Å²) in [5, 5.41) is 0. The SMILES string of the molecule is [CH2]C#Cc1ccccc1CC. The van der Waals surface area contributed by atoms with E-state index < -0.39 is 0 Å². The molecule has 0 aliphatic rings. The summed E-state index contributed by atoms with van der Waals surface area (Å²) < 4.78 is 0. The van der Waals surface area contributed by atoms with E-state index in [9.17, 15) is 0 Å². The number of hydrogen-bond acceptors (Lipinski definition) is 0. The van der Waals surface area contributed by atoms with Gasteiger partial charge in [0.15, 0.2) is 0 Å². The van der Waals surface area contributed by atoms with Crippen LogP contribution in [0.25, 0.3) is 0 Å². The molecule has 0 saturated heterocycles. The van der Waals surface area contributed by atoms with Crippen molar-refractivity contribution in [1.29, 1.82) is 0 Å². The molecular formula is C11H11. The van der Waals surface area contributed by atoms with Gasteiger partial charge in [0.1, 0.15) is 0 Å². The van der Waals surface area contributed by atoms with Crippen LogP contribution in [0.5, 0.6) is 0 Å². The monoisotopic (exact) mass is 143 g/mol. The zero-order chi connectivity index (χ0) is 8.10. The lowest BCUT2D eigenvalue weighted by atomic mass is 10.1. The van der Waals surface area contributed by atoms with Crippen molar-refractivity contribution in [2.45, 2.75) is 13.3 Å². The first kappa shape index (κ1) is 7.88. The van der Waals surface area contributed by atoms with Crippen molar-refractivity contribution in [3.05, 3.63) is 42.3 Å². The van der Waals surface area contributed by atoms with Gasteiger partial charge in [0, 0.05) is 12.5 Å². The van der Waals surface area contributed by atoms with E-state index in [1.54, 1.807) is 0 Å². The van der Waals surface area contributed by atoms with Crippen LogP contribution >= 0.6 is 0 Å². The molecule has 0 N–H and O–H groups in total. The highest BCUT2D eigenvalue weighted by molar-refractivity contribution is 5.41. The van der Waals surface area contributed by atoms with Crippen LogP contribution < -0.4 is 0 Å². The standard InChI is InChI=1S/C11H11/c1-3-7-11-9-6-5-8-10(11)4-2/h5-6,8-9H,1,4H2,2H3. The molecule has 1 aromatic rings. The Morgan fingerprint density at radius 1 is 1.36 bits per heavy atom. The van der Waals surface area contributed by atoms with Gasteiger partial charge >= 0.3 is 0 Å². The topological polar surface area (TPSA) is 0 Å². The highest BCUT2D eigenvalue weighted by Gasteiger charge is 1.93. The molecular weight excluding hydrogens is 132 g/mol. The van der Waals surface area contributed by atoms with Gasteiger partial charge in [-0.3, -0.25) is 0 Å². The molecule has 0 aromatic heterocycles. The first-order valence-electron chi connectivity index (χ1n) is 3.74. The third kappa shape index (κ3) is 1.85. The summed E-state index contributed by atoms with van der Waals surface area (Å²) in [6, 6.07) is 8.16. The van der Waals surface area contributed by atoms with Gasteiger partial charge in [-0.15, -0.1) is 0 Å². The van der Waals surface area contributed by atoms with Gasteiger partial charge in [-0.1, -0.05) is 37.0 Å². The van der Waals surface area contributed by atoms with E-state index in [-0.39, 0.29) is 0 Å². The normalized spacial score (nSPS) is 8.55. The van der Waals surface area contributed by atoms with Crippen LogP contribution in [0.1, 0.15) is 18.1 Å². The van der Waals surface area contributed by atoms with E-state index in [2.05, 4.69) is 31.8 Å². The van der Waals surface area contributed by atoms with Crippen LogP contribution in [0.2, 0.25) is 0 Å². The summed E-state index contributed by atoms with van der Waals surface area (Å²) in [4.78, 5) is 0. The number of benzene rings is 1. The average molecular weight is 143 g/mol. The highest BCUT2D eigenvalue weighted by Crippen LogP contribution is 2.06. The molecule has 1 rings (SSSR count). The summed E-state index contributed by atoms with van der Waals surface area (Å²) in [7, 11) is 0. The van der Waals surface area contributed by atoms with E-state index in [0.29, 0.717) is 0 Å². The zero-order valence-electron chi connectivity index (χ0n) is 6.72. The second kappa shape index (κ2) is 3.83. The lowest BCUT2D eigenvalue weighted by Gasteiger charge is -1.98. The van der Waals surface area contributed by atoms with Crippen LogP contribution in [0.15, 0.2) is 24.3 Å². The molecule has 0 unspecified atom stereocenters. The molecule has 0 amide bonds. The lowest BCUT2D eigenvalue weighted by molar-refractivity contribution is 1.13. The second-order valence-electron chi connectivity index (χ2n) is 2.31. The quantitative estimate of drug-likeness (QED) is 0.530. The molecule has 0 nitrogen and oxygen atoms in total. The fourth-order valence-electron chi connectivity index (χ4n) is 1.05. The van der Waals surface area contributed by atoms with E-state index in [1.165, 1.54) is 5.56 Å². The Balaban J connectivity index is 3.09. The van der Waals surface area contributed by atoms with Crippen molar-refractivity contribution in [2.24, 2.45) is 0 Å². The van der Waals surface area contributed by atoms with E-state index in [0.717, 1.165) is 12.0 Å². The Morgan fingerprint density at radius 3 is 2.73 bits per heavy atom. The van der Waals surface area contributed by atoms with Crippen molar-refractivity contribution >= 4 is 0 Å². The molecule has 0 fully saturated rings. The molecule has 0 heteroatoms. The van der Waals surface area contributed by atoms with Crippen LogP contribution in [0, 0.1) is 18.8 Å². The van der Waals surface area contributed by atoms with Crippen molar-refractivity contribution in [3.63, 3.8) is 0 Å². The summed E-state index contributed by atoms with van der Waals surface area (Å²) in [6.07, 6.45) is 1.03. The maximum atomic E-state index is 3.50. The van der Waals surface area contributed by atoms with Crippen molar-refractivity contribution in [3.8, 4) is 11.8 Å². The summed E-state index contributed by atoms with van der Waals surface area (Å²) in [5.74, 6) is 5.62. The highest BCUT2D eigenvalue weighted by atomic mass is 14.0. The fraction of sp³-hybridized carbons (Fsp3) is 0.182. The first-order valence-corrected chi connectivity index (χ1v) is 3.74. The van der Waals surface area contributed by atoms with Gasteiger partial charge in [0.05, 0.1) is 0 Å². The Morgan fingerprint density at radius 2 is 2.09 bits per heavy atom. The lowest BCUT2D eigenvalue weighted by Crippen LogP contribution is -1.84. The predicted octanol–water partition coefficient (Wildman–Crippen LogP) is 2.43. The maximum absolute atomic E-state index is 3.50. The van der Waals surface area contributed by atoms with Gasteiger partial charge < -0.3 is 0 Å². The molecule has 0 aliphatic carbocycles. The van der Waals surface area contributed by atoms with Crippen molar-refractivity contribution in [1.82, 2.24) is 0 Å². The van der Waals surface area contributed by atoms with Gasteiger partial charge in [-0.05, 0) is 18.1 Å². The van der Waals surface area contributed by atoms with Crippen molar-refractivity contribution in [2.75, 3.05) is 0 Å². The fourth-order valence-corrected chi connectivity index (χ4v) is 1.05. The minimum absolute atomic E-state index is 1.03. The maximum Gasteiger partial charge on any atom is 0.0277 e. The third-order valence-electron chi connectivity index (χ3n) is 1.62. The third-order valence-corrected chi connectivity index (χ3v) is 1.62. The molecule has 0 atom stereocenters. The smallest absolute Gasteiger partial charge is 0.0277 e. The minimum Gasteiger partial charge on any atom is -0.0969 e. The van der Waals surface area contributed by atoms with Crippen LogP contribution in [-0.2, 0) is 6.42 Å². The zero-order valence-corrected chi connectivity index (χ0v) is 6.72. The Bertz CT molecular complexity index is 286. The van der Waals surface area contributed by atoms with Gasteiger partial charge in [-0.2, -0.15) is 0 Å². The Kier molecular flexibility index (Phi) is 2.74. The first-order chi connectivity index (χ1) is 5.38. The summed E-state index contributed by atoms with van der Waals surface area (Å²) in [6.45, 7) is 5.62. The molecule has 0 saturated carbocycles. The molecule has 1 radical (unpaired) electrons. The molecule has 1 aromatic carbocycles. The molecule has 0 spiro atoms. The summed E-state index contributed by atoms with van der Waals surface area (Å²) in [5.41, 5.74) is 2.40. The number of hydrogen-bond donors (Lipinski definition) is 0. The molecule has 55 valence electrons. The molecule has 0 aliphatic heterocycles. The number of rotatable bonds is 1. The largest absolute Gasteiger partial charge is 0.0969 e. The molecule has 0 heterocycles. The van der Waals surface area contributed by atoms with E-state index in [4.69, 9.17) is 0 Å². The average Bonchev–Trinajstić information content (AvgIpc) is 2.06. The van der Waals surface area contributed by atoms with Gasteiger partial charge in [0.2, 0.25) is 0 Å². The molecule has 11 heavy (non-hydrogen) atoms. The molecule has 0 bridgehead atoms. The summed E-state index contributed by atoms with van der Waals surface area (Å²) >= 11 is 0. The van der Waals surface area contributed by atoms with Crippen LogP contribution in [-0.4, -0.2) is 0 Å².